The van der Waals surface area contributed by atoms with Crippen molar-refractivity contribution in [3.05, 3.63) is 16.5 Å². The topological polar surface area (TPSA) is 41.1 Å². The first-order valence-electron chi connectivity index (χ1n) is 7.53. The van der Waals surface area contributed by atoms with E-state index < -0.39 is 0 Å². The molecular weight excluding hydrogens is 272 g/mol. The van der Waals surface area contributed by atoms with Gasteiger partial charge in [0, 0.05) is 18.7 Å². The minimum absolute atomic E-state index is 0.545. The van der Waals surface area contributed by atoms with E-state index in [0.717, 1.165) is 24.5 Å². The van der Waals surface area contributed by atoms with Crippen LogP contribution < -0.4 is 5.32 Å². The number of rotatable bonds is 5. The third kappa shape index (κ3) is 4.32. The summed E-state index contributed by atoms with van der Waals surface area (Å²) < 4.78 is 0. The Kier molecular flexibility index (Phi) is 5.61. The predicted octanol–water partition coefficient (Wildman–Crippen LogP) is 3.28. The van der Waals surface area contributed by atoms with Gasteiger partial charge < -0.3 is 10.2 Å². The summed E-state index contributed by atoms with van der Waals surface area (Å²) >= 11 is 6.09. The minimum Gasteiger partial charge on any atom is -0.369 e. The van der Waals surface area contributed by atoms with Crippen LogP contribution in [0.2, 0.25) is 5.15 Å². The van der Waals surface area contributed by atoms with Gasteiger partial charge in [0.05, 0.1) is 0 Å². The molecule has 0 amide bonds. The molecule has 1 unspecified atom stereocenters. The van der Waals surface area contributed by atoms with Crippen LogP contribution in [-0.2, 0) is 0 Å². The molecule has 0 spiro atoms. The van der Waals surface area contributed by atoms with Crippen molar-refractivity contribution in [3.63, 3.8) is 0 Å². The SMILES string of the molecule is Cc1nc(Cl)c(C)c(NCC(C)CN2CCCCC2)n1. The van der Waals surface area contributed by atoms with Crippen molar-refractivity contribution < 1.29 is 0 Å². The lowest BCUT2D eigenvalue weighted by molar-refractivity contribution is 0.204. The number of anilines is 1. The van der Waals surface area contributed by atoms with E-state index in [1.54, 1.807) is 0 Å². The summed E-state index contributed by atoms with van der Waals surface area (Å²) in [6.45, 7) is 10.7. The molecule has 1 saturated heterocycles. The third-order valence-corrected chi connectivity index (χ3v) is 4.20. The average Bonchev–Trinajstić information content (AvgIpc) is 2.42. The molecule has 1 atom stereocenters. The molecular formula is C15H25ClN4. The summed E-state index contributed by atoms with van der Waals surface area (Å²) in [5.74, 6) is 2.18. The highest BCUT2D eigenvalue weighted by atomic mass is 35.5. The molecule has 0 saturated carbocycles. The second kappa shape index (κ2) is 7.23. The number of nitrogens with zero attached hydrogens (tertiary/aromatic N) is 3. The number of hydrogen-bond donors (Lipinski definition) is 1. The van der Waals surface area contributed by atoms with Crippen LogP contribution in [0.15, 0.2) is 0 Å². The van der Waals surface area contributed by atoms with Crippen LogP contribution in [0.3, 0.4) is 0 Å². The smallest absolute Gasteiger partial charge is 0.137 e. The van der Waals surface area contributed by atoms with Gasteiger partial charge in [0.25, 0.3) is 0 Å². The molecule has 2 rings (SSSR count). The second-order valence-electron chi connectivity index (χ2n) is 5.88. The number of halogens is 1. The highest BCUT2D eigenvalue weighted by Crippen LogP contribution is 2.20. The van der Waals surface area contributed by atoms with Crippen LogP contribution in [0.5, 0.6) is 0 Å². The largest absolute Gasteiger partial charge is 0.369 e. The molecule has 0 aromatic carbocycles. The lowest BCUT2D eigenvalue weighted by atomic mass is 10.1. The first-order valence-corrected chi connectivity index (χ1v) is 7.91. The Morgan fingerprint density at radius 2 is 1.90 bits per heavy atom. The van der Waals surface area contributed by atoms with E-state index in [-0.39, 0.29) is 0 Å². The lowest BCUT2D eigenvalue weighted by Crippen LogP contribution is -2.35. The van der Waals surface area contributed by atoms with E-state index in [4.69, 9.17) is 11.6 Å². The average molecular weight is 297 g/mol. The number of aromatic nitrogens is 2. The first kappa shape index (κ1) is 15.5. The molecule has 1 N–H and O–H groups in total. The maximum absolute atomic E-state index is 6.09. The van der Waals surface area contributed by atoms with E-state index in [0.29, 0.717) is 16.9 Å². The summed E-state index contributed by atoms with van der Waals surface area (Å²) in [5.41, 5.74) is 0.933. The van der Waals surface area contributed by atoms with Gasteiger partial charge in [0.15, 0.2) is 0 Å². The Morgan fingerprint density at radius 1 is 1.20 bits per heavy atom. The summed E-state index contributed by atoms with van der Waals surface area (Å²) in [7, 11) is 0. The summed E-state index contributed by atoms with van der Waals surface area (Å²) in [6.07, 6.45) is 4.08. The summed E-state index contributed by atoms with van der Waals surface area (Å²) in [5, 5.41) is 3.97. The van der Waals surface area contributed by atoms with E-state index in [2.05, 4.69) is 27.1 Å². The van der Waals surface area contributed by atoms with Crippen LogP contribution in [0, 0.1) is 19.8 Å². The van der Waals surface area contributed by atoms with Gasteiger partial charge in [0.1, 0.15) is 16.8 Å². The zero-order chi connectivity index (χ0) is 14.5. The maximum atomic E-state index is 6.09. The summed E-state index contributed by atoms with van der Waals surface area (Å²) in [6, 6.07) is 0. The molecule has 1 aliphatic heterocycles. The van der Waals surface area contributed by atoms with Gasteiger partial charge in [0.2, 0.25) is 0 Å². The number of piperidine rings is 1. The van der Waals surface area contributed by atoms with Gasteiger partial charge in [-0.3, -0.25) is 0 Å². The Bertz CT molecular complexity index is 444. The van der Waals surface area contributed by atoms with Crippen LogP contribution in [0.25, 0.3) is 0 Å². The maximum Gasteiger partial charge on any atom is 0.137 e. The zero-order valence-corrected chi connectivity index (χ0v) is 13.5. The molecule has 112 valence electrons. The van der Waals surface area contributed by atoms with Crippen molar-refractivity contribution in [2.45, 2.75) is 40.0 Å². The number of nitrogens with one attached hydrogen (secondary N) is 1. The van der Waals surface area contributed by atoms with Crippen LogP contribution in [0.4, 0.5) is 5.82 Å². The van der Waals surface area contributed by atoms with Gasteiger partial charge in [-0.2, -0.15) is 0 Å². The van der Waals surface area contributed by atoms with Crippen molar-refractivity contribution in [1.29, 1.82) is 0 Å². The molecule has 0 bridgehead atoms. The molecule has 1 aromatic rings. The Hall–Kier alpha value is -0.870. The Morgan fingerprint density at radius 3 is 2.60 bits per heavy atom. The van der Waals surface area contributed by atoms with Crippen LogP contribution in [0.1, 0.15) is 37.6 Å². The molecule has 1 fully saturated rings. The molecule has 1 aromatic heterocycles. The molecule has 4 nitrogen and oxygen atoms in total. The molecule has 1 aliphatic rings. The fourth-order valence-electron chi connectivity index (χ4n) is 2.68. The van der Waals surface area contributed by atoms with Gasteiger partial charge in [-0.1, -0.05) is 24.9 Å². The highest BCUT2D eigenvalue weighted by molar-refractivity contribution is 6.30. The van der Waals surface area contributed by atoms with Crippen molar-refractivity contribution in [1.82, 2.24) is 14.9 Å². The van der Waals surface area contributed by atoms with Gasteiger partial charge in [-0.05, 0) is 45.7 Å². The second-order valence-corrected chi connectivity index (χ2v) is 6.24. The van der Waals surface area contributed by atoms with Crippen molar-refractivity contribution in [3.8, 4) is 0 Å². The zero-order valence-electron chi connectivity index (χ0n) is 12.7. The number of aryl methyl sites for hydroxylation is 1. The van der Waals surface area contributed by atoms with Crippen molar-refractivity contribution in [2.75, 3.05) is 31.5 Å². The first-order chi connectivity index (χ1) is 9.56. The molecule has 0 radical (unpaired) electrons. The van der Waals surface area contributed by atoms with Crippen LogP contribution >= 0.6 is 11.6 Å². The fourth-order valence-corrected chi connectivity index (χ4v) is 2.90. The van der Waals surface area contributed by atoms with E-state index in [9.17, 15) is 0 Å². The van der Waals surface area contributed by atoms with Crippen LogP contribution in [-0.4, -0.2) is 41.0 Å². The molecule has 20 heavy (non-hydrogen) atoms. The van der Waals surface area contributed by atoms with E-state index >= 15 is 0 Å². The highest BCUT2D eigenvalue weighted by Gasteiger charge is 2.14. The molecule has 5 heteroatoms. The van der Waals surface area contributed by atoms with Gasteiger partial charge >= 0.3 is 0 Å². The number of likely N-dealkylation sites (tertiary alicyclic amines) is 1. The van der Waals surface area contributed by atoms with Gasteiger partial charge in [-0.25, -0.2) is 9.97 Å². The van der Waals surface area contributed by atoms with E-state index in [1.807, 2.05) is 13.8 Å². The fraction of sp³-hybridized carbons (Fsp3) is 0.733. The lowest BCUT2D eigenvalue weighted by Gasteiger charge is -2.29. The summed E-state index contributed by atoms with van der Waals surface area (Å²) in [4.78, 5) is 11.2. The number of hydrogen-bond acceptors (Lipinski definition) is 4. The van der Waals surface area contributed by atoms with Crippen molar-refractivity contribution >= 4 is 17.4 Å². The monoisotopic (exact) mass is 296 g/mol. The Labute approximate surface area is 126 Å². The minimum atomic E-state index is 0.545. The van der Waals surface area contributed by atoms with Gasteiger partial charge in [-0.15, -0.1) is 0 Å². The third-order valence-electron chi connectivity index (χ3n) is 3.83. The molecule has 2 heterocycles. The normalized spacial score (nSPS) is 18.0. The quantitative estimate of drug-likeness (QED) is 0.847. The van der Waals surface area contributed by atoms with E-state index in [1.165, 1.54) is 32.4 Å². The molecule has 0 aliphatic carbocycles. The Balaban J connectivity index is 1.85. The standard InChI is InChI=1S/C15H25ClN4/c1-11(10-20-7-5-4-6-8-20)9-17-15-12(2)14(16)18-13(3)19-15/h11H,4-10H2,1-3H3,(H,17,18,19). The van der Waals surface area contributed by atoms with Crippen molar-refractivity contribution in [2.24, 2.45) is 5.92 Å². The predicted molar refractivity (Wildman–Crippen MR) is 84.5 cm³/mol.